The fourth-order valence-electron chi connectivity index (χ4n) is 3.84. The minimum Gasteiger partial charge on any atom is -0.790 e. The molecular weight excluding hydrogens is 495 g/mol. The number of nitrogens with zero attached hydrogens (tertiary/aromatic N) is 2. The van der Waals surface area contributed by atoms with E-state index in [1.54, 1.807) is 11.0 Å². The predicted octanol–water partition coefficient (Wildman–Crippen LogP) is -0.836. The Hall–Kier alpha value is -2.77. The minimum atomic E-state index is -5.41. The number of aromatic nitrogens is 2. The van der Waals surface area contributed by atoms with Crippen molar-refractivity contribution in [1.29, 1.82) is 0 Å². The van der Waals surface area contributed by atoms with E-state index in [0.717, 1.165) is 16.7 Å². The maximum absolute atomic E-state index is 12.9. The van der Waals surface area contributed by atoms with Crippen LogP contribution in [0.3, 0.4) is 0 Å². The number of aliphatic hydroxyl groups is 3. The van der Waals surface area contributed by atoms with Gasteiger partial charge in [0, 0.05) is 6.54 Å². The molecule has 0 fully saturated rings. The highest BCUT2D eigenvalue weighted by Crippen LogP contribution is 2.46. The first kappa shape index (κ1) is 27.8. The number of fused-ring (bicyclic) bond motifs is 2. The van der Waals surface area contributed by atoms with Gasteiger partial charge in [0.1, 0.15) is 29.8 Å². The standard InChI is InChI=1S/C22H31N4O9P/c1-11(2)5-6-25-14-7-12(3)13(4)8-15(14)26(20-18(25)21(30)24-22(31)23-20)9-16(27)19(29)17(28)10-35-36(32,33)34/h5,7-8,16-17,19,27-29H,6,9-10H2,1-4H3,(H2,32,33,34)(H2,23,24,30,31)/p-2/t16-,17+,19-/m0/s1. The third-order valence-corrected chi connectivity index (χ3v) is 6.32. The Bertz CT molecular complexity index is 1310. The number of aliphatic hydroxyl groups excluding tert-OH is 3. The number of nitrogens with one attached hydrogen (secondary N) is 2. The van der Waals surface area contributed by atoms with E-state index in [0.29, 0.717) is 17.9 Å². The molecule has 0 amide bonds. The summed E-state index contributed by atoms with van der Waals surface area (Å²) in [4.78, 5) is 54.4. The third kappa shape index (κ3) is 6.13. The second-order valence-corrected chi connectivity index (χ2v) is 10.1. The number of H-pyrrole nitrogens is 2. The van der Waals surface area contributed by atoms with Gasteiger partial charge < -0.3 is 44.0 Å². The van der Waals surface area contributed by atoms with Crippen molar-refractivity contribution in [3.63, 3.8) is 0 Å². The summed E-state index contributed by atoms with van der Waals surface area (Å²) in [6, 6.07) is 3.65. The number of allylic oxidation sites excluding steroid dienone is 1. The normalized spacial score (nSPS) is 15.7. The molecular formula is C22H29N4O9P-2. The van der Waals surface area contributed by atoms with Crippen LogP contribution in [-0.4, -0.2) is 63.3 Å². The molecule has 3 atom stereocenters. The lowest BCUT2D eigenvalue weighted by Gasteiger charge is -2.40. The number of hydrogen-bond donors (Lipinski definition) is 5. The zero-order chi connectivity index (χ0) is 26.9. The van der Waals surface area contributed by atoms with E-state index in [1.165, 1.54) is 4.90 Å². The van der Waals surface area contributed by atoms with Gasteiger partial charge in [-0.25, -0.2) is 4.79 Å². The first-order chi connectivity index (χ1) is 16.7. The van der Waals surface area contributed by atoms with Crippen molar-refractivity contribution in [1.82, 2.24) is 9.97 Å². The highest BCUT2D eigenvalue weighted by Gasteiger charge is 2.35. The number of phosphoric ester groups is 1. The largest absolute Gasteiger partial charge is 0.790 e. The fraction of sp³-hybridized carbons (Fsp3) is 0.455. The van der Waals surface area contributed by atoms with Crippen LogP contribution in [0, 0.1) is 13.8 Å². The van der Waals surface area contributed by atoms with E-state index < -0.39 is 50.5 Å². The summed E-state index contributed by atoms with van der Waals surface area (Å²) in [6.07, 6.45) is -3.64. The smallest absolute Gasteiger partial charge is 0.327 e. The van der Waals surface area contributed by atoms with E-state index in [4.69, 9.17) is 0 Å². The maximum Gasteiger partial charge on any atom is 0.327 e. The van der Waals surface area contributed by atoms with Crippen LogP contribution < -0.4 is 30.8 Å². The number of aryl methyl sites for hydroxylation is 2. The van der Waals surface area contributed by atoms with E-state index in [9.17, 15) is 39.3 Å². The molecule has 5 N–H and O–H groups in total. The molecule has 1 aromatic heterocycles. The van der Waals surface area contributed by atoms with E-state index in [-0.39, 0.29) is 11.5 Å². The maximum atomic E-state index is 12.9. The summed E-state index contributed by atoms with van der Waals surface area (Å²) in [5.74, 6) is 0.0577. The van der Waals surface area contributed by atoms with Gasteiger partial charge in [0.2, 0.25) is 0 Å². The van der Waals surface area contributed by atoms with Crippen molar-refractivity contribution >= 4 is 30.7 Å². The SMILES string of the molecule is CC(C)=CCN1c2cc(C)c(C)cc2N(C[C@H](O)[C@H](O)[C@H](O)COP(=O)([O-])[O-])c2[nH]c(=O)[nH]c(=O)c21. The van der Waals surface area contributed by atoms with Crippen molar-refractivity contribution in [2.45, 2.75) is 46.0 Å². The highest BCUT2D eigenvalue weighted by atomic mass is 31.2. The molecule has 1 aromatic carbocycles. The Morgan fingerprint density at radius 1 is 1.06 bits per heavy atom. The number of rotatable bonds is 9. The van der Waals surface area contributed by atoms with Gasteiger partial charge in [-0.15, -0.1) is 0 Å². The summed E-state index contributed by atoms with van der Waals surface area (Å²) in [6.45, 7) is 6.40. The van der Waals surface area contributed by atoms with E-state index in [1.807, 2.05) is 39.8 Å². The molecule has 0 aliphatic carbocycles. The molecule has 0 radical (unpaired) electrons. The number of anilines is 4. The molecule has 13 nitrogen and oxygen atoms in total. The van der Waals surface area contributed by atoms with Gasteiger partial charge in [0.25, 0.3) is 5.56 Å². The Labute approximate surface area is 206 Å². The van der Waals surface area contributed by atoms with Gasteiger partial charge in [-0.2, -0.15) is 0 Å². The molecule has 0 bridgehead atoms. The Balaban J connectivity index is 2.08. The second kappa shape index (κ2) is 10.7. The molecule has 2 aromatic rings. The zero-order valence-electron chi connectivity index (χ0n) is 20.2. The fourth-order valence-corrected chi connectivity index (χ4v) is 4.18. The van der Waals surface area contributed by atoms with Crippen LogP contribution in [0.15, 0.2) is 33.4 Å². The monoisotopic (exact) mass is 524 g/mol. The molecule has 198 valence electrons. The average molecular weight is 524 g/mol. The molecule has 0 saturated heterocycles. The summed E-state index contributed by atoms with van der Waals surface area (Å²) < 4.78 is 14.7. The van der Waals surface area contributed by atoms with Gasteiger partial charge in [0.05, 0.1) is 32.3 Å². The molecule has 14 heteroatoms. The molecule has 2 heterocycles. The summed E-state index contributed by atoms with van der Waals surface area (Å²) in [5, 5.41) is 31.1. The molecule has 0 saturated carbocycles. The Morgan fingerprint density at radius 2 is 1.64 bits per heavy atom. The first-order valence-electron chi connectivity index (χ1n) is 11.1. The van der Waals surface area contributed by atoms with Crippen LogP contribution in [0.4, 0.5) is 22.9 Å². The van der Waals surface area contributed by atoms with Gasteiger partial charge in [-0.1, -0.05) is 11.6 Å². The predicted molar refractivity (Wildman–Crippen MR) is 129 cm³/mol. The van der Waals surface area contributed by atoms with Crippen LogP contribution in [0.25, 0.3) is 0 Å². The van der Waals surface area contributed by atoms with Crippen LogP contribution in [0.2, 0.25) is 0 Å². The van der Waals surface area contributed by atoms with E-state index in [2.05, 4.69) is 14.5 Å². The van der Waals surface area contributed by atoms with Crippen LogP contribution in [-0.2, 0) is 9.09 Å². The molecule has 36 heavy (non-hydrogen) atoms. The quantitative estimate of drug-likeness (QED) is 0.202. The molecule has 1 aliphatic rings. The van der Waals surface area contributed by atoms with Crippen molar-refractivity contribution < 1.29 is 34.2 Å². The lowest BCUT2D eigenvalue weighted by molar-refractivity contribution is -0.343. The van der Waals surface area contributed by atoms with E-state index >= 15 is 0 Å². The number of benzene rings is 1. The summed E-state index contributed by atoms with van der Waals surface area (Å²) in [5.41, 5.74) is 2.56. The van der Waals surface area contributed by atoms with Gasteiger partial charge in [-0.05, 0) is 51.0 Å². The average Bonchev–Trinajstić information content (AvgIpc) is 2.77. The van der Waals surface area contributed by atoms with Crippen LogP contribution in [0.1, 0.15) is 25.0 Å². The number of β-amino-alcohol motifs (C(OH)–C–C–N with tert-alkyl or cyclic N) is 1. The van der Waals surface area contributed by atoms with Crippen LogP contribution >= 0.6 is 7.82 Å². The third-order valence-electron chi connectivity index (χ3n) is 5.85. The Morgan fingerprint density at radius 3 is 2.19 bits per heavy atom. The van der Waals surface area contributed by atoms with Gasteiger partial charge in [0.15, 0.2) is 0 Å². The van der Waals surface area contributed by atoms with Gasteiger partial charge >= 0.3 is 5.69 Å². The van der Waals surface area contributed by atoms with Crippen molar-refractivity contribution in [2.24, 2.45) is 0 Å². The summed E-state index contributed by atoms with van der Waals surface area (Å²) in [7, 11) is -5.41. The molecule has 1 aliphatic heterocycles. The molecule has 3 rings (SSSR count). The van der Waals surface area contributed by atoms with Crippen molar-refractivity contribution in [2.75, 3.05) is 29.5 Å². The lowest BCUT2D eigenvalue weighted by Crippen LogP contribution is -2.47. The number of hydrogen-bond acceptors (Lipinski definition) is 11. The zero-order valence-corrected chi connectivity index (χ0v) is 21.1. The molecule has 0 unspecified atom stereocenters. The van der Waals surface area contributed by atoms with Crippen molar-refractivity contribution in [3.8, 4) is 0 Å². The number of phosphoric acid groups is 1. The highest BCUT2D eigenvalue weighted by molar-refractivity contribution is 7.43. The Kier molecular flexibility index (Phi) is 8.26. The molecule has 0 spiro atoms. The first-order valence-corrected chi connectivity index (χ1v) is 12.5. The number of aromatic amines is 2. The van der Waals surface area contributed by atoms with Crippen molar-refractivity contribution in [3.05, 3.63) is 55.7 Å². The topological polar surface area (TPSA) is 205 Å². The lowest BCUT2D eigenvalue weighted by atomic mass is 10.0. The second-order valence-electron chi connectivity index (χ2n) is 8.90. The van der Waals surface area contributed by atoms with Gasteiger partial charge in [-0.3, -0.25) is 14.8 Å². The minimum absolute atomic E-state index is 0.0577. The van der Waals surface area contributed by atoms with Crippen LogP contribution in [0.5, 0.6) is 0 Å². The summed E-state index contributed by atoms with van der Waals surface area (Å²) >= 11 is 0.